The Bertz CT molecular complexity index is 1290. The highest BCUT2D eigenvalue weighted by Gasteiger charge is 2.14. The molecule has 4 rings (SSSR count). The number of benzene rings is 3. The van der Waals surface area contributed by atoms with Crippen LogP contribution in [0.3, 0.4) is 0 Å². The van der Waals surface area contributed by atoms with Gasteiger partial charge in [-0.1, -0.05) is 72.8 Å². The van der Waals surface area contributed by atoms with E-state index in [1.165, 1.54) is 0 Å². The van der Waals surface area contributed by atoms with Crippen molar-refractivity contribution < 1.29 is 19.1 Å². The predicted octanol–water partition coefficient (Wildman–Crippen LogP) is 6.23. The van der Waals surface area contributed by atoms with E-state index in [0.717, 1.165) is 27.6 Å². The monoisotopic (exact) mass is 540 g/mol. The Labute approximate surface area is 226 Å². The number of aliphatic imine (C=N–C) groups is 1. The molecule has 4 aromatic rings. The Kier molecular flexibility index (Phi) is 11.3. The molecule has 2 N–H and O–H groups in total. The molecule has 0 spiro atoms. The maximum Gasteiger partial charge on any atom is 0.414 e. The Morgan fingerprint density at radius 1 is 0.757 bits per heavy atom. The maximum atomic E-state index is 12.5. The summed E-state index contributed by atoms with van der Waals surface area (Å²) >= 11 is 0. The highest BCUT2D eigenvalue weighted by molar-refractivity contribution is 6.02. The number of aromatic nitrogens is 1. The molecule has 1 aromatic heterocycles. The van der Waals surface area contributed by atoms with E-state index < -0.39 is 12.2 Å². The van der Waals surface area contributed by atoms with Crippen molar-refractivity contribution in [2.24, 2.45) is 4.99 Å². The van der Waals surface area contributed by atoms with E-state index in [1.807, 2.05) is 85.8 Å². The SMILES string of the molecule is Cc1c(N=C(NC(=O)OCc2ccccc2)NC(=O)OCc2ccccc2)ccc2cccnc12.Cl.Cl. The minimum atomic E-state index is -0.771. The Hall–Kier alpha value is -4.14. The first kappa shape index (κ1) is 29.1. The second-order valence-electron chi connectivity index (χ2n) is 7.62. The van der Waals surface area contributed by atoms with E-state index in [1.54, 1.807) is 12.3 Å². The van der Waals surface area contributed by atoms with Crippen LogP contribution < -0.4 is 10.6 Å². The summed E-state index contributed by atoms with van der Waals surface area (Å²) < 4.78 is 10.5. The number of halogens is 2. The zero-order valence-electron chi connectivity index (χ0n) is 19.9. The summed E-state index contributed by atoms with van der Waals surface area (Å²) in [5, 5.41) is 5.95. The lowest BCUT2D eigenvalue weighted by molar-refractivity contribution is 0.141. The van der Waals surface area contributed by atoms with E-state index in [4.69, 9.17) is 9.47 Å². The molecule has 0 saturated carbocycles. The molecule has 0 fully saturated rings. The van der Waals surface area contributed by atoms with Gasteiger partial charge >= 0.3 is 12.2 Å². The number of nitrogens with zero attached hydrogens (tertiary/aromatic N) is 2. The lowest BCUT2D eigenvalue weighted by Crippen LogP contribution is -2.44. The van der Waals surface area contributed by atoms with Crippen molar-refractivity contribution in [3.8, 4) is 0 Å². The van der Waals surface area contributed by atoms with Crippen molar-refractivity contribution in [2.45, 2.75) is 20.1 Å². The van der Waals surface area contributed by atoms with Crippen LogP contribution in [0.25, 0.3) is 10.9 Å². The number of guanidine groups is 1. The fourth-order valence-corrected chi connectivity index (χ4v) is 3.32. The van der Waals surface area contributed by atoms with Gasteiger partial charge in [-0.15, -0.1) is 24.8 Å². The number of pyridine rings is 1. The van der Waals surface area contributed by atoms with Crippen molar-refractivity contribution in [1.82, 2.24) is 15.6 Å². The molecule has 0 atom stereocenters. The van der Waals surface area contributed by atoms with Gasteiger partial charge in [0.2, 0.25) is 5.96 Å². The fourth-order valence-electron chi connectivity index (χ4n) is 3.32. The third-order valence-electron chi connectivity index (χ3n) is 5.10. The van der Waals surface area contributed by atoms with E-state index in [-0.39, 0.29) is 44.0 Å². The second-order valence-corrected chi connectivity index (χ2v) is 7.62. The van der Waals surface area contributed by atoms with E-state index >= 15 is 0 Å². The zero-order chi connectivity index (χ0) is 24.5. The molecule has 37 heavy (non-hydrogen) atoms. The number of hydrogen-bond acceptors (Lipinski definition) is 6. The van der Waals surface area contributed by atoms with Crippen molar-refractivity contribution in [1.29, 1.82) is 0 Å². The molecule has 3 aromatic carbocycles. The number of aryl methyl sites for hydroxylation is 1. The molecule has 192 valence electrons. The molecular weight excluding hydrogens is 515 g/mol. The molecule has 2 amide bonds. The van der Waals surface area contributed by atoms with Gasteiger partial charge in [0.1, 0.15) is 13.2 Å². The number of nitrogens with one attached hydrogen (secondary N) is 2. The summed E-state index contributed by atoms with van der Waals surface area (Å²) in [6.45, 7) is 2.00. The van der Waals surface area contributed by atoms with Gasteiger partial charge in [0, 0.05) is 17.1 Å². The van der Waals surface area contributed by atoms with Gasteiger partial charge in [0.05, 0.1) is 11.2 Å². The van der Waals surface area contributed by atoms with Crippen LogP contribution in [0, 0.1) is 6.92 Å². The quantitative estimate of drug-likeness (QED) is 0.231. The molecule has 8 nitrogen and oxygen atoms in total. The molecule has 0 radical (unpaired) electrons. The van der Waals surface area contributed by atoms with Gasteiger partial charge in [0.25, 0.3) is 0 Å². The Morgan fingerprint density at radius 3 is 1.84 bits per heavy atom. The average Bonchev–Trinajstić information content (AvgIpc) is 2.89. The molecule has 0 aliphatic rings. The van der Waals surface area contributed by atoms with Crippen LogP contribution in [0.4, 0.5) is 15.3 Å². The summed E-state index contributed by atoms with van der Waals surface area (Å²) in [6, 6.07) is 26.0. The standard InChI is InChI=1S/C27H24N4O4.2ClH/c1-19-23(15-14-22-13-8-16-28-24(19)22)29-25(30-26(32)34-17-20-9-4-2-5-10-20)31-27(33)35-18-21-11-6-3-7-12-21;;/h2-16H,17-18H2,1H3,(H2,29,30,31,32,33);2*1H. The molecular formula is C27H26Cl2N4O4. The van der Waals surface area contributed by atoms with E-state index in [2.05, 4.69) is 20.6 Å². The smallest absolute Gasteiger partial charge is 0.414 e. The zero-order valence-corrected chi connectivity index (χ0v) is 21.6. The number of ether oxygens (including phenoxy) is 2. The lowest BCUT2D eigenvalue weighted by Gasteiger charge is -2.13. The molecule has 0 aliphatic heterocycles. The topological polar surface area (TPSA) is 102 Å². The minimum absolute atomic E-state index is 0. The van der Waals surface area contributed by atoms with Gasteiger partial charge < -0.3 is 9.47 Å². The van der Waals surface area contributed by atoms with Crippen LogP contribution in [0.2, 0.25) is 0 Å². The average molecular weight is 541 g/mol. The number of amides is 2. The number of alkyl carbamates (subject to hydrolysis) is 2. The second kappa shape index (κ2) is 14.4. The number of carbonyl (C=O) groups is 2. The molecule has 0 saturated heterocycles. The van der Waals surface area contributed by atoms with Gasteiger partial charge in [0.15, 0.2) is 0 Å². The van der Waals surface area contributed by atoms with Crippen molar-refractivity contribution in [3.05, 3.63) is 108 Å². The predicted molar refractivity (Wildman–Crippen MR) is 148 cm³/mol. The van der Waals surface area contributed by atoms with Crippen molar-refractivity contribution in [3.63, 3.8) is 0 Å². The first-order chi connectivity index (χ1) is 17.1. The summed E-state index contributed by atoms with van der Waals surface area (Å²) in [5.41, 5.74) is 3.74. The summed E-state index contributed by atoms with van der Waals surface area (Å²) in [6.07, 6.45) is 0.155. The van der Waals surface area contributed by atoms with E-state index in [9.17, 15) is 9.59 Å². The maximum absolute atomic E-state index is 12.5. The molecule has 0 unspecified atom stereocenters. The Morgan fingerprint density at radius 2 is 1.30 bits per heavy atom. The first-order valence-corrected chi connectivity index (χ1v) is 11.0. The first-order valence-electron chi connectivity index (χ1n) is 11.0. The Balaban J connectivity index is 0.00000241. The molecule has 10 heteroatoms. The lowest BCUT2D eigenvalue weighted by atomic mass is 10.1. The normalized spacial score (nSPS) is 9.76. The molecule has 0 aliphatic carbocycles. The van der Waals surface area contributed by atoms with Crippen molar-refractivity contribution >= 4 is 59.6 Å². The highest BCUT2D eigenvalue weighted by atomic mass is 35.5. The third kappa shape index (κ3) is 8.49. The van der Waals surface area contributed by atoms with Crippen molar-refractivity contribution in [2.75, 3.05) is 0 Å². The van der Waals surface area contributed by atoms with Crippen LogP contribution in [0.5, 0.6) is 0 Å². The summed E-state index contributed by atoms with van der Waals surface area (Å²) in [4.78, 5) is 33.8. The summed E-state index contributed by atoms with van der Waals surface area (Å²) in [5.74, 6) is -0.125. The van der Waals surface area contributed by atoms with Crippen LogP contribution in [0.1, 0.15) is 16.7 Å². The minimum Gasteiger partial charge on any atom is -0.444 e. The summed E-state index contributed by atoms with van der Waals surface area (Å²) in [7, 11) is 0. The van der Waals surface area contributed by atoms with Gasteiger partial charge in [-0.25, -0.2) is 14.6 Å². The van der Waals surface area contributed by atoms with Gasteiger partial charge in [-0.3, -0.25) is 15.6 Å². The number of fused-ring (bicyclic) bond motifs is 1. The van der Waals surface area contributed by atoms with Gasteiger partial charge in [-0.05, 0) is 30.2 Å². The largest absolute Gasteiger partial charge is 0.444 e. The van der Waals surface area contributed by atoms with Gasteiger partial charge in [-0.2, -0.15) is 0 Å². The van der Waals surface area contributed by atoms with E-state index in [0.29, 0.717) is 5.69 Å². The molecule has 1 heterocycles. The highest BCUT2D eigenvalue weighted by Crippen LogP contribution is 2.25. The number of hydrogen-bond donors (Lipinski definition) is 2. The number of carbonyl (C=O) groups excluding carboxylic acids is 2. The van der Waals surface area contributed by atoms with Crippen LogP contribution in [0.15, 0.2) is 96.1 Å². The fraction of sp³-hybridized carbons (Fsp3) is 0.111. The molecule has 0 bridgehead atoms. The van der Waals surface area contributed by atoms with Crippen LogP contribution >= 0.6 is 24.8 Å². The van der Waals surface area contributed by atoms with Crippen LogP contribution in [-0.2, 0) is 22.7 Å². The van der Waals surface area contributed by atoms with Crippen LogP contribution in [-0.4, -0.2) is 23.1 Å². The number of rotatable bonds is 5. The third-order valence-corrected chi connectivity index (χ3v) is 5.10.